The number of methoxy groups -OCH3 is 1. The molecule has 1 heterocycles. The third kappa shape index (κ3) is 5.58. The molecule has 0 radical (unpaired) electrons. The molecule has 156 valence electrons. The summed E-state index contributed by atoms with van der Waals surface area (Å²) in [6, 6.07) is 24.2. The van der Waals surface area contributed by atoms with E-state index in [9.17, 15) is 0 Å². The predicted octanol–water partition coefficient (Wildman–Crippen LogP) is 5.34. The molecule has 0 fully saturated rings. The van der Waals surface area contributed by atoms with Crippen molar-refractivity contribution in [1.82, 2.24) is 14.8 Å². The van der Waals surface area contributed by atoms with Gasteiger partial charge in [0.25, 0.3) is 0 Å². The van der Waals surface area contributed by atoms with Crippen LogP contribution in [0.2, 0.25) is 0 Å². The standard InChI is InChI=1S/C24H21BrN4O2/c1-30-23-12-2-18(3-13-23)15-31-28-24(14-29-17-26-16-27-29)21-6-4-19(5-7-21)20-8-10-22(25)11-9-20/h2-13,16-17H,14-15H2,1H3. The van der Waals surface area contributed by atoms with E-state index in [2.05, 4.69) is 55.4 Å². The van der Waals surface area contributed by atoms with Crippen LogP contribution < -0.4 is 4.74 Å². The number of halogens is 1. The Labute approximate surface area is 189 Å². The first kappa shape index (κ1) is 20.8. The van der Waals surface area contributed by atoms with Crippen LogP contribution in [0, 0.1) is 0 Å². The molecule has 0 aliphatic rings. The van der Waals surface area contributed by atoms with Crippen molar-refractivity contribution in [2.45, 2.75) is 13.2 Å². The molecule has 0 N–H and O–H groups in total. The maximum absolute atomic E-state index is 5.67. The van der Waals surface area contributed by atoms with E-state index in [1.165, 1.54) is 6.33 Å². The normalized spacial score (nSPS) is 11.4. The minimum atomic E-state index is 0.363. The Hall–Kier alpha value is -3.45. The highest BCUT2D eigenvalue weighted by atomic mass is 79.9. The second kappa shape index (κ2) is 10.0. The summed E-state index contributed by atoms with van der Waals surface area (Å²) < 4.78 is 7.97. The van der Waals surface area contributed by atoms with E-state index in [1.54, 1.807) is 18.1 Å². The summed E-state index contributed by atoms with van der Waals surface area (Å²) in [4.78, 5) is 9.68. The molecular weight excluding hydrogens is 456 g/mol. The molecule has 0 unspecified atom stereocenters. The Kier molecular flexibility index (Phi) is 6.74. The van der Waals surface area contributed by atoms with Crippen molar-refractivity contribution in [2.75, 3.05) is 7.11 Å². The average molecular weight is 477 g/mol. The van der Waals surface area contributed by atoms with Crippen molar-refractivity contribution in [1.29, 1.82) is 0 Å². The second-order valence-corrected chi connectivity index (χ2v) is 7.75. The largest absolute Gasteiger partial charge is 0.497 e. The Bertz CT molecular complexity index is 1120. The van der Waals surface area contributed by atoms with Crippen LogP contribution in [0.3, 0.4) is 0 Å². The van der Waals surface area contributed by atoms with Crippen LogP contribution in [0.4, 0.5) is 0 Å². The summed E-state index contributed by atoms with van der Waals surface area (Å²) in [6.07, 6.45) is 3.17. The molecule has 3 aromatic carbocycles. The fraction of sp³-hybridized carbons (Fsp3) is 0.125. The summed E-state index contributed by atoms with van der Waals surface area (Å²) in [5.74, 6) is 0.810. The Morgan fingerprint density at radius 2 is 1.61 bits per heavy atom. The minimum absolute atomic E-state index is 0.363. The van der Waals surface area contributed by atoms with E-state index in [0.29, 0.717) is 13.2 Å². The van der Waals surface area contributed by atoms with Gasteiger partial charge < -0.3 is 9.57 Å². The highest BCUT2D eigenvalue weighted by Crippen LogP contribution is 2.22. The summed E-state index contributed by atoms with van der Waals surface area (Å²) in [7, 11) is 1.65. The van der Waals surface area contributed by atoms with Gasteiger partial charge in [0.15, 0.2) is 0 Å². The van der Waals surface area contributed by atoms with Crippen molar-refractivity contribution in [3.8, 4) is 16.9 Å². The number of ether oxygens (including phenoxy) is 1. The lowest BCUT2D eigenvalue weighted by Gasteiger charge is -2.09. The predicted molar refractivity (Wildman–Crippen MR) is 124 cm³/mol. The first-order valence-electron chi connectivity index (χ1n) is 9.72. The molecule has 0 amide bonds. The molecule has 7 heteroatoms. The fourth-order valence-electron chi connectivity index (χ4n) is 3.04. The molecule has 4 aromatic rings. The number of hydrogen-bond acceptors (Lipinski definition) is 5. The van der Waals surface area contributed by atoms with Crippen LogP contribution in [-0.2, 0) is 18.0 Å². The first-order valence-corrected chi connectivity index (χ1v) is 10.5. The highest BCUT2D eigenvalue weighted by Gasteiger charge is 2.08. The summed E-state index contributed by atoms with van der Waals surface area (Å²) in [6.45, 7) is 0.821. The Balaban J connectivity index is 1.52. The van der Waals surface area contributed by atoms with Crippen LogP contribution in [0.25, 0.3) is 11.1 Å². The van der Waals surface area contributed by atoms with Gasteiger partial charge in [0.1, 0.15) is 30.7 Å². The van der Waals surface area contributed by atoms with Gasteiger partial charge in [-0.05, 0) is 41.0 Å². The molecule has 0 spiro atoms. The van der Waals surface area contributed by atoms with Gasteiger partial charge in [-0.2, -0.15) is 5.10 Å². The molecule has 0 aliphatic carbocycles. The number of rotatable bonds is 8. The quantitative estimate of drug-likeness (QED) is 0.254. The number of aromatic nitrogens is 3. The van der Waals surface area contributed by atoms with Gasteiger partial charge in [-0.15, -0.1) is 0 Å². The van der Waals surface area contributed by atoms with Gasteiger partial charge >= 0.3 is 0 Å². The maximum atomic E-state index is 5.67. The third-order valence-corrected chi connectivity index (χ3v) is 5.27. The van der Waals surface area contributed by atoms with Crippen LogP contribution in [0.15, 0.2) is 95.1 Å². The first-order chi connectivity index (χ1) is 15.2. The second-order valence-electron chi connectivity index (χ2n) is 6.84. The van der Waals surface area contributed by atoms with Crippen LogP contribution in [0.5, 0.6) is 5.75 Å². The van der Waals surface area contributed by atoms with E-state index in [0.717, 1.165) is 38.2 Å². The van der Waals surface area contributed by atoms with Gasteiger partial charge in [0.2, 0.25) is 0 Å². The Morgan fingerprint density at radius 3 is 2.23 bits per heavy atom. The fourth-order valence-corrected chi connectivity index (χ4v) is 3.31. The number of oxime groups is 1. The molecule has 1 aromatic heterocycles. The van der Waals surface area contributed by atoms with E-state index < -0.39 is 0 Å². The molecule has 4 rings (SSSR count). The molecule has 0 aliphatic heterocycles. The van der Waals surface area contributed by atoms with Gasteiger partial charge in [0, 0.05) is 10.0 Å². The van der Waals surface area contributed by atoms with Crippen LogP contribution >= 0.6 is 15.9 Å². The molecule has 31 heavy (non-hydrogen) atoms. The SMILES string of the molecule is COc1ccc(CON=C(Cn2cncn2)c2ccc(-c3ccc(Br)cc3)cc2)cc1. The lowest BCUT2D eigenvalue weighted by molar-refractivity contribution is 0.130. The summed E-state index contributed by atoms with van der Waals surface area (Å²) in [5, 5.41) is 8.60. The molecule has 0 saturated heterocycles. The van der Waals surface area contributed by atoms with Gasteiger partial charge in [-0.25, -0.2) is 9.67 Å². The van der Waals surface area contributed by atoms with Gasteiger partial charge in [0.05, 0.1) is 13.7 Å². The zero-order valence-electron chi connectivity index (χ0n) is 17.0. The van der Waals surface area contributed by atoms with Crippen molar-refractivity contribution < 1.29 is 9.57 Å². The van der Waals surface area contributed by atoms with Gasteiger partial charge in [-0.1, -0.05) is 69.6 Å². The minimum Gasteiger partial charge on any atom is -0.497 e. The van der Waals surface area contributed by atoms with Gasteiger partial charge in [-0.3, -0.25) is 0 Å². The zero-order valence-corrected chi connectivity index (χ0v) is 18.6. The topological polar surface area (TPSA) is 61.5 Å². The van der Waals surface area contributed by atoms with E-state index in [4.69, 9.17) is 9.57 Å². The zero-order chi connectivity index (χ0) is 21.5. The third-order valence-electron chi connectivity index (χ3n) is 4.74. The van der Waals surface area contributed by atoms with Crippen LogP contribution in [-0.4, -0.2) is 27.6 Å². The lowest BCUT2D eigenvalue weighted by Crippen LogP contribution is -2.13. The Morgan fingerprint density at radius 1 is 0.935 bits per heavy atom. The van der Waals surface area contributed by atoms with Crippen molar-refractivity contribution in [2.24, 2.45) is 5.16 Å². The molecule has 0 atom stereocenters. The number of nitrogens with zero attached hydrogens (tertiary/aromatic N) is 4. The monoisotopic (exact) mass is 476 g/mol. The van der Waals surface area contributed by atoms with Crippen molar-refractivity contribution in [3.05, 3.63) is 101 Å². The maximum Gasteiger partial charge on any atom is 0.142 e. The number of hydrogen-bond donors (Lipinski definition) is 0. The van der Waals surface area contributed by atoms with Crippen molar-refractivity contribution in [3.63, 3.8) is 0 Å². The van der Waals surface area contributed by atoms with Crippen molar-refractivity contribution >= 4 is 21.6 Å². The summed E-state index contributed by atoms with van der Waals surface area (Å²) in [5.41, 5.74) is 5.03. The average Bonchev–Trinajstić information content (AvgIpc) is 3.33. The molecule has 6 nitrogen and oxygen atoms in total. The van der Waals surface area contributed by atoms with Crippen LogP contribution in [0.1, 0.15) is 11.1 Å². The highest BCUT2D eigenvalue weighted by molar-refractivity contribution is 9.10. The van der Waals surface area contributed by atoms with E-state index in [1.807, 2.05) is 48.5 Å². The molecular formula is C24H21BrN4O2. The molecule has 0 saturated carbocycles. The van der Waals surface area contributed by atoms with E-state index >= 15 is 0 Å². The smallest absolute Gasteiger partial charge is 0.142 e. The lowest BCUT2D eigenvalue weighted by atomic mass is 10.0. The summed E-state index contributed by atoms with van der Waals surface area (Å²) >= 11 is 3.48. The number of benzene rings is 3. The van der Waals surface area contributed by atoms with E-state index in [-0.39, 0.29) is 0 Å². The molecule has 0 bridgehead atoms.